The molecule has 1 rings (SSSR count). The lowest BCUT2D eigenvalue weighted by atomic mass is 10.2. The van der Waals surface area contributed by atoms with Crippen LogP contribution in [0.4, 0.5) is 5.69 Å². The van der Waals surface area contributed by atoms with Crippen molar-refractivity contribution in [3.05, 3.63) is 24.3 Å². The van der Waals surface area contributed by atoms with E-state index in [1.165, 1.54) is 0 Å². The summed E-state index contributed by atoms with van der Waals surface area (Å²) >= 11 is 0. The van der Waals surface area contributed by atoms with Gasteiger partial charge in [-0.15, -0.1) is 0 Å². The number of methoxy groups -OCH3 is 1. The fourth-order valence-electron chi connectivity index (χ4n) is 2.01. The third-order valence-corrected chi connectivity index (χ3v) is 3.55. The van der Waals surface area contributed by atoms with Gasteiger partial charge >= 0.3 is 0 Å². The lowest BCUT2D eigenvalue weighted by Crippen LogP contribution is -2.43. The number of ether oxygens (including phenoxy) is 1. The molecule has 0 saturated heterocycles. The van der Waals surface area contributed by atoms with E-state index in [2.05, 4.69) is 10.6 Å². The van der Waals surface area contributed by atoms with E-state index in [1.807, 2.05) is 32.9 Å². The fraction of sp³-hybridized carbons (Fsp3) is 0.529. The molecule has 0 aliphatic heterocycles. The molecule has 0 bridgehead atoms. The van der Waals surface area contributed by atoms with Crippen LogP contribution < -0.4 is 15.4 Å². The Morgan fingerprint density at radius 2 is 1.91 bits per heavy atom. The smallest absolute Gasteiger partial charge is 0.238 e. The zero-order chi connectivity index (χ0) is 17.2. The summed E-state index contributed by atoms with van der Waals surface area (Å²) in [6.07, 6.45) is 0.883. The minimum absolute atomic E-state index is 0.0598. The van der Waals surface area contributed by atoms with Gasteiger partial charge in [0.25, 0.3) is 0 Å². The Morgan fingerprint density at radius 1 is 1.22 bits per heavy atom. The van der Waals surface area contributed by atoms with Crippen LogP contribution in [0.25, 0.3) is 0 Å². The number of rotatable bonds is 9. The van der Waals surface area contributed by atoms with E-state index in [1.54, 1.807) is 24.1 Å². The van der Waals surface area contributed by atoms with Gasteiger partial charge in [-0.1, -0.05) is 19.9 Å². The number of likely N-dealkylation sites (N-methyl/N-ethyl adjacent to an activating group) is 1. The van der Waals surface area contributed by atoms with Crippen molar-refractivity contribution < 1.29 is 14.3 Å². The third-order valence-electron chi connectivity index (χ3n) is 3.55. The highest BCUT2D eigenvalue weighted by atomic mass is 16.5. The van der Waals surface area contributed by atoms with Crippen molar-refractivity contribution in [2.24, 2.45) is 0 Å². The number of nitrogens with one attached hydrogen (secondary N) is 2. The molecule has 2 N–H and O–H groups in total. The Labute approximate surface area is 138 Å². The molecule has 0 spiro atoms. The average molecular weight is 321 g/mol. The fourth-order valence-corrected chi connectivity index (χ4v) is 2.01. The molecule has 0 unspecified atom stereocenters. The normalized spacial score (nSPS) is 11.9. The van der Waals surface area contributed by atoms with E-state index in [-0.39, 0.29) is 30.9 Å². The first-order chi connectivity index (χ1) is 11.0. The van der Waals surface area contributed by atoms with E-state index >= 15 is 0 Å². The van der Waals surface area contributed by atoms with Crippen molar-refractivity contribution in [2.45, 2.75) is 33.2 Å². The number of benzene rings is 1. The molecule has 1 aromatic carbocycles. The van der Waals surface area contributed by atoms with Crippen LogP contribution in [0.5, 0.6) is 5.75 Å². The molecule has 0 aliphatic rings. The van der Waals surface area contributed by atoms with Crippen molar-refractivity contribution in [3.8, 4) is 5.75 Å². The van der Waals surface area contributed by atoms with Crippen LogP contribution in [0.3, 0.4) is 0 Å². The average Bonchev–Trinajstić information content (AvgIpc) is 2.53. The topological polar surface area (TPSA) is 70.7 Å². The molecule has 0 saturated carbocycles. The Kier molecular flexibility index (Phi) is 8.11. The summed E-state index contributed by atoms with van der Waals surface area (Å²) in [5.74, 6) is 0.468. The Bertz CT molecular complexity index is 520. The summed E-state index contributed by atoms with van der Waals surface area (Å²) in [5, 5.41) is 5.72. The van der Waals surface area contributed by atoms with Crippen LogP contribution >= 0.6 is 0 Å². The van der Waals surface area contributed by atoms with Gasteiger partial charge < -0.3 is 15.4 Å². The van der Waals surface area contributed by atoms with Crippen molar-refractivity contribution in [1.82, 2.24) is 10.2 Å². The zero-order valence-electron chi connectivity index (χ0n) is 14.4. The van der Waals surface area contributed by atoms with Crippen LogP contribution in [0.1, 0.15) is 27.2 Å². The molecule has 0 aliphatic carbocycles. The number of carbonyl (C=O) groups excluding carboxylic acids is 2. The van der Waals surface area contributed by atoms with Crippen molar-refractivity contribution in [3.63, 3.8) is 0 Å². The van der Waals surface area contributed by atoms with Crippen molar-refractivity contribution in [2.75, 3.05) is 32.1 Å². The minimum atomic E-state index is -0.156. The predicted octanol–water partition coefficient (Wildman–Crippen LogP) is 1.87. The molecular formula is C17H27N3O3. The number of hydrogen-bond acceptors (Lipinski definition) is 4. The summed E-state index contributed by atoms with van der Waals surface area (Å²) in [6, 6.07) is 7.32. The highest BCUT2D eigenvalue weighted by molar-refractivity contribution is 5.92. The zero-order valence-corrected chi connectivity index (χ0v) is 14.4. The van der Waals surface area contributed by atoms with E-state index in [0.29, 0.717) is 18.0 Å². The minimum Gasteiger partial charge on any atom is -0.497 e. The molecule has 0 heterocycles. The van der Waals surface area contributed by atoms with Gasteiger partial charge in [-0.3, -0.25) is 14.5 Å². The highest BCUT2D eigenvalue weighted by Gasteiger charge is 2.14. The van der Waals surface area contributed by atoms with E-state index < -0.39 is 0 Å². The number of nitrogens with zero attached hydrogens (tertiary/aromatic N) is 1. The quantitative estimate of drug-likeness (QED) is 0.728. The maximum absolute atomic E-state index is 12.1. The van der Waals surface area contributed by atoms with Gasteiger partial charge in [0, 0.05) is 17.8 Å². The predicted molar refractivity (Wildman–Crippen MR) is 91.6 cm³/mol. The summed E-state index contributed by atoms with van der Waals surface area (Å²) < 4.78 is 5.12. The second-order valence-electron chi connectivity index (χ2n) is 5.46. The lowest BCUT2D eigenvalue weighted by Gasteiger charge is -2.20. The Morgan fingerprint density at radius 3 is 2.52 bits per heavy atom. The summed E-state index contributed by atoms with van der Waals surface area (Å²) in [7, 11) is 1.58. The maximum Gasteiger partial charge on any atom is 0.238 e. The third kappa shape index (κ3) is 7.15. The number of amides is 2. The van der Waals surface area contributed by atoms with Gasteiger partial charge in [-0.05, 0) is 32.0 Å². The van der Waals surface area contributed by atoms with Gasteiger partial charge in [0.15, 0.2) is 0 Å². The first kappa shape index (κ1) is 19.0. The molecule has 2 amide bonds. The molecular weight excluding hydrogens is 294 g/mol. The maximum atomic E-state index is 12.1. The molecule has 1 aromatic rings. The van der Waals surface area contributed by atoms with Crippen LogP contribution in [0, 0.1) is 0 Å². The van der Waals surface area contributed by atoms with Crippen LogP contribution in [0.2, 0.25) is 0 Å². The first-order valence-corrected chi connectivity index (χ1v) is 7.94. The lowest BCUT2D eigenvalue weighted by molar-refractivity contribution is -0.123. The highest BCUT2D eigenvalue weighted by Crippen LogP contribution is 2.16. The van der Waals surface area contributed by atoms with E-state index in [4.69, 9.17) is 4.74 Å². The van der Waals surface area contributed by atoms with E-state index in [9.17, 15) is 9.59 Å². The molecule has 23 heavy (non-hydrogen) atoms. The van der Waals surface area contributed by atoms with Gasteiger partial charge in [-0.25, -0.2) is 0 Å². The molecule has 6 heteroatoms. The van der Waals surface area contributed by atoms with Crippen molar-refractivity contribution in [1.29, 1.82) is 0 Å². The molecule has 128 valence electrons. The van der Waals surface area contributed by atoms with Crippen molar-refractivity contribution >= 4 is 17.5 Å². The molecule has 0 radical (unpaired) electrons. The molecule has 0 fully saturated rings. The second kappa shape index (κ2) is 9.84. The first-order valence-electron chi connectivity index (χ1n) is 7.94. The van der Waals surface area contributed by atoms with Gasteiger partial charge in [-0.2, -0.15) is 0 Å². The van der Waals surface area contributed by atoms with Gasteiger partial charge in [0.1, 0.15) is 5.75 Å². The number of anilines is 1. The Balaban J connectivity index is 2.50. The van der Waals surface area contributed by atoms with Gasteiger partial charge in [0.2, 0.25) is 11.8 Å². The summed E-state index contributed by atoms with van der Waals surface area (Å²) in [4.78, 5) is 25.8. The number of hydrogen-bond donors (Lipinski definition) is 2. The number of carbonyl (C=O) groups is 2. The monoisotopic (exact) mass is 321 g/mol. The van der Waals surface area contributed by atoms with Gasteiger partial charge in [0.05, 0.1) is 20.2 Å². The summed E-state index contributed by atoms with van der Waals surface area (Å²) in [5.41, 5.74) is 0.675. The molecule has 6 nitrogen and oxygen atoms in total. The summed E-state index contributed by atoms with van der Waals surface area (Å²) in [6.45, 7) is 6.91. The SMILES string of the molecule is CC[C@H](C)NC(=O)CN(CC)CC(=O)Nc1cccc(OC)c1. The largest absolute Gasteiger partial charge is 0.497 e. The van der Waals surface area contributed by atoms with Crippen LogP contribution in [-0.4, -0.2) is 49.5 Å². The van der Waals surface area contributed by atoms with Crippen LogP contribution in [0.15, 0.2) is 24.3 Å². The standard InChI is InChI=1S/C17H27N3O3/c1-5-13(3)18-16(21)11-20(6-2)12-17(22)19-14-8-7-9-15(10-14)23-4/h7-10,13H,5-6,11-12H2,1-4H3,(H,18,21)(H,19,22)/t13-/m0/s1. The Hall–Kier alpha value is -2.08. The van der Waals surface area contributed by atoms with E-state index in [0.717, 1.165) is 6.42 Å². The van der Waals surface area contributed by atoms with Crippen LogP contribution in [-0.2, 0) is 9.59 Å². The molecule has 1 atom stereocenters. The second-order valence-corrected chi connectivity index (χ2v) is 5.46. The molecule has 0 aromatic heterocycles.